The van der Waals surface area contributed by atoms with E-state index < -0.39 is 28.7 Å². The van der Waals surface area contributed by atoms with E-state index in [1.807, 2.05) is 12.3 Å². The van der Waals surface area contributed by atoms with E-state index in [9.17, 15) is 23.5 Å². The molecule has 2 amide bonds. The van der Waals surface area contributed by atoms with Gasteiger partial charge in [-0.15, -0.1) is 0 Å². The molecule has 2 fully saturated rings. The highest BCUT2D eigenvalue weighted by Crippen LogP contribution is 2.37. The van der Waals surface area contributed by atoms with Gasteiger partial charge >= 0.3 is 0 Å². The van der Waals surface area contributed by atoms with Gasteiger partial charge in [-0.3, -0.25) is 14.3 Å². The van der Waals surface area contributed by atoms with E-state index in [4.69, 9.17) is 0 Å². The third-order valence-corrected chi connectivity index (χ3v) is 6.19. The van der Waals surface area contributed by atoms with Crippen molar-refractivity contribution in [2.24, 2.45) is 7.05 Å². The molecule has 2 heterocycles. The first kappa shape index (κ1) is 20.6. The van der Waals surface area contributed by atoms with Crippen LogP contribution in [-0.2, 0) is 11.8 Å². The largest absolute Gasteiger partial charge is 0.380 e. The highest BCUT2D eigenvalue weighted by molar-refractivity contribution is 5.96. The minimum absolute atomic E-state index is 0.150. The normalized spacial score (nSPS) is 17.6. The van der Waals surface area contributed by atoms with Crippen molar-refractivity contribution in [3.05, 3.63) is 53.7 Å². The Hall–Kier alpha value is -3.33. The van der Waals surface area contributed by atoms with Gasteiger partial charge in [0.15, 0.2) is 0 Å². The highest BCUT2D eigenvalue weighted by Gasteiger charge is 2.50. The first-order valence-electron chi connectivity index (χ1n) is 10.5. The summed E-state index contributed by atoms with van der Waals surface area (Å²) in [6.45, 7) is 0.742. The fourth-order valence-corrected chi connectivity index (χ4v) is 4.16. The summed E-state index contributed by atoms with van der Waals surface area (Å²) in [6.07, 6.45) is 2.74. The van der Waals surface area contributed by atoms with E-state index in [1.165, 1.54) is 9.80 Å². The molecule has 0 unspecified atom stereocenters. The van der Waals surface area contributed by atoms with Crippen molar-refractivity contribution in [1.29, 1.82) is 0 Å². The van der Waals surface area contributed by atoms with Gasteiger partial charge in [0, 0.05) is 44.8 Å². The first-order valence-corrected chi connectivity index (χ1v) is 10.5. The molecular formula is C23H22F2N4O3. The number of aliphatic hydroxyl groups is 1. The molecule has 166 valence electrons. The van der Waals surface area contributed by atoms with Crippen molar-refractivity contribution in [3.8, 4) is 11.1 Å². The van der Waals surface area contributed by atoms with Crippen LogP contribution in [0.1, 0.15) is 23.2 Å². The quantitative estimate of drug-likeness (QED) is 0.678. The zero-order valence-electron chi connectivity index (χ0n) is 17.5. The van der Waals surface area contributed by atoms with Crippen LogP contribution in [0.4, 0.5) is 8.78 Å². The van der Waals surface area contributed by atoms with E-state index in [1.54, 1.807) is 23.9 Å². The number of carbonyl (C=O) groups excluding carboxylic acids is 2. The van der Waals surface area contributed by atoms with Gasteiger partial charge in [-0.25, -0.2) is 8.78 Å². The Bertz CT molecular complexity index is 1220. The second kappa shape index (κ2) is 7.37. The van der Waals surface area contributed by atoms with Gasteiger partial charge in [0.1, 0.15) is 22.8 Å². The SMILES string of the molecule is Cn1cc2ccc(-c3cc(F)c(C(=O)N4CCN(C(=O)C5(O)CC5)CC4)c(F)c3)cc2n1. The number of halogens is 2. The predicted octanol–water partition coefficient (Wildman–Crippen LogP) is 2.33. The third-order valence-electron chi connectivity index (χ3n) is 6.19. The summed E-state index contributed by atoms with van der Waals surface area (Å²) < 4.78 is 31.4. The molecule has 32 heavy (non-hydrogen) atoms. The standard InChI is InChI=1S/C23H22F2N4O3/c1-27-13-15-3-2-14(12-19(15)26-27)16-10-17(24)20(18(25)11-16)21(30)28-6-8-29(9-7-28)22(31)23(32)4-5-23/h2-3,10-13,32H,4-9H2,1H3. The highest BCUT2D eigenvalue weighted by atomic mass is 19.1. The van der Waals surface area contributed by atoms with Crippen molar-refractivity contribution < 1.29 is 23.5 Å². The van der Waals surface area contributed by atoms with Crippen molar-refractivity contribution in [3.63, 3.8) is 0 Å². The zero-order valence-corrected chi connectivity index (χ0v) is 17.5. The number of amides is 2. The molecule has 1 aliphatic carbocycles. The molecule has 1 saturated carbocycles. The molecule has 0 spiro atoms. The van der Waals surface area contributed by atoms with Gasteiger partial charge in [-0.2, -0.15) is 5.10 Å². The average Bonchev–Trinajstić information content (AvgIpc) is 3.41. The van der Waals surface area contributed by atoms with Crippen LogP contribution >= 0.6 is 0 Å². The van der Waals surface area contributed by atoms with Crippen molar-refractivity contribution in [2.45, 2.75) is 18.4 Å². The molecule has 5 rings (SSSR count). The minimum Gasteiger partial charge on any atom is -0.380 e. The second-order valence-corrected chi connectivity index (χ2v) is 8.51. The predicted molar refractivity (Wildman–Crippen MR) is 113 cm³/mol. The molecule has 9 heteroatoms. The molecule has 1 saturated heterocycles. The van der Waals surface area contributed by atoms with E-state index in [-0.39, 0.29) is 32.1 Å². The monoisotopic (exact) mass is 440 g/mol. The number of hydrogen-bond donors (Lipinski definition) is 1. The molecule has 7 nitrogen and oxygen atoms in total. The molecule has 1 aromatic heterocycles. The number of benzene rings is 2. The smallest absolute Gasteiger partial charge is 0.259 e. The van der Waals surface area contributed by atoms with Crippen LogP contribution in [0.3, 0.4) is 0 Å². The van der Waals surface area contributed by atoms with Crippen LogP contribution < -0.4 is 0 Å². The average molecular weight is 440 g/mol. The van der Waals surface area contributed by atoms with E-state index in [2.05, 4.69) is 5.10 Å². The van der Waals surface area contributed by atoms with Gasteiger partial charge in [0.25, 0.3) is 11.8 Å². The Morgan fingerprint density at radius 1 is 0.969 bits per heavy atom. The lowest BCUT2D eigenvalue weighted by atomic mass is 10.0. The molecule has 1 aliphatic heterocycles. The Kier molecular flexibility index (Phi) is 4.74. The van der Waals surface area contributed by atoms with E-state index in [0.29, 0.717) is 29.5 Å². The number of rotatable bonds is 3. The van der Waals surface area contributed by atoms with Crippen LogP contribution in [0.15, 0.2) is 36.5 Å². The lowest BCUT2D eigenvalue weighted by Crippen LogP contribution is -2.53. The summed E-state index contributed by atoms with van der Waals surface area (Å²) in [5.41, 5.74) is -0.253. The maximum atomic E-state index is 14.9. The molecule has 0 bridgehead atoms. The number of fused-ring (bicyclic) bond motifs is 1. The van der Waals surface area contributed by atoms with Crippen LogP contribution in [0.2, 0.25) is 0 Å². The maximum absolute atomic E-state index is 14.9. The summed E-state index contributed by atoms with van der Waals surface area (Å²) in [4.78, 5) is 27.9. The topological polar surface area (TPSA) is 78.7 Å². The van der Waals surface area contributed by atoms with Gasteiger partial charge in [-0.05, 0) is 42.2 Å². The van der Waals surface area contributed by atoms with Crippen LogP contribution in [-0.4, -0.2) is 68.3 Å². The van der Waals surface area contributed by atoms with Crippen LogP contribution in [0.25, 0.3) is 22.0 Å². The Morgan fingerprint density at radius 2 is 1.59 bits per heavy atom. The Balaban J connectivity index is 1.35. The summed E-state index contributed by atoms with van der Waals surface area (Å²) in [7, 11) is 1.79. The summed E-state index contributed by atoms with van der Waals surface area (Å²) in [6, 6.07) is 7.63. The molecular weight excluding hydrogens is 418 g/mol. The lowest BCUT2D eigenvalue weighted by Gasteiger charge is -2.35. The number of aromatic nitrogens is 2. The second-order valence-electron chi connectivity index (χ2n) is 8.51. The van der Waals surface area contributed by atoms with Gasteiger partial charge in [0.05, 0.1) is 5.52 Å². The molecule has 3 aromatic rings. The molecule has 1 N–H and O–H groups in total. The summed E-state index contributed by atoms with van der Waals surface area (Å²) in [5, 5.41) is 15.2. The van der Waals surface area contributed by atoms with E-state index in [0.717, 1.165) is 17.5 Å². The first-order chi connectivity index (χ1) is 15.2. The van der Waals surface area contributed by atoms with Crippen LogP contribution in [0, 0.1) is 11.6 Å². The fourth-order valence-electron chi connectivity index (χ4n) is 4.16. The number of aryl methyl sites for hydroxylation is 1. The van der Waals surface area contributed by atoms with Gasteiger partial charge in [0.2, 0.25) is 0 Å². The number of carbonyl (C=O) groups is 2. The minimum atomic E-state index is -1.27. The van der Waals surface area contributed by atoms with E-state index >= 15 is 0 Å². The summed E-state index contributed by atoms with van der Waals surface area (Å²) >= 11 is 0. The van der Waals surface area contributed by atoms with Crippen molar-refractivity contribution in [1.82, 2.24) is 19.6 Å². The molecule has 2 aliphatic rings. The van der Waals surface area contributed by atoms with Crippen molar-refractivity contribution in [2.75, 3.05) is 26.2 Å². The zero-order chi connectivity index (χ0) is 22.6. The molecule has 2 aromatic carbocycles. The van der Waals surface area contributed by atoms with Crippen molar-refractivity contribution >= 4 is 22.7 Å². The lowest BCUT2D eigenvalue weighted by molar-refractivity contribution is -0.143. The van der Waals surface area contributed by atoms with Crippen LogP contribution in [0.5, 0.6) is 0 Å². The fraction of sp³-hybridized carbons (Fsp3) is 0.348. The van der Waals surface area contributed by atoms with Gasteiger partial charge in [-0.1, -0.05) is 12.1 Å². The maximum Gasteiger partial charge on any atom is 0.259 e. The number of hydrogen-bond acceptors (Lipinski definition) is 4. The molecule has 0 radical (unpaired) electrons. The summed E-state index contributed by atoms with van der Waals surface area (Å²) in [5.74, 6) is -2.95. The van der Waals surface area contributed by atoms with Gasteiger partial charge < -0.3 is 14.9 Å². The third kappa shape index (κ3) is 3.52. The Labute approximate surface area is 182 Å². The molecule has 0 atom stereocenters. The number of piperazine rings is 1. The number of nitrogens with zero attached hydrogens (tertiary/aromatic N) is 4. The Morgan fingerprint density at radius 3 is 2.22 bits per heavy atom.